The molecule has 121 heavy (non-hydrogen) atoms. The SMILES string of the molecule is CC1(C)OCCn2c1nc1c(C3CC3)nc(-c3cnc(N)c(OC(F)F)c3)nc12.CC1(C)OCCn2c1nc1c(N3CC4CC3C4)nc(-c3cnc4[nH]ccc4c3)nc12.Cc1c[nH]c2ncc(-c3nc(N4CC5COCC5C4)c4nc5n(c4n3)CCOC5(C)C)cc12.Nc1ncc(-c2nc(N3CC4CC3C4)c3nc4n(c3n2)CCOC42CCC2)cn1. The summed E-state index contributed by atoms with van der Waals surface area (Å²) in [5.74, 6) is 11.9. The highest BCUT2D eigenvalue weighted by molar-refractivity contribution is 5.91. The Morgan fingerprint density at radius 1 is 0.504 bits per heavy atom. The van der Waals surface area contributed by atoms with E-state index in [-0.39, 0.29) is 23.1 Å². The van der Waals surface area contributed by atoms with Gasteiger partial charge in [0.05, 0.1) is 50.9 Å². The lowest BCUT2D eigenvalue weighted by Gasteiger charge is -2.43. The van der Waals surface area contributed by atoms with Crippen molar-refractivity contribution in [3.8, 4) is 51.3 Å². The first kappa shape index (κ1) is 74.3. The number of nitrogen functional groups attached to an aromatic ring is 2. The lowest BCUT2D eigenvalue weighted by Crippen LogP contribution is -2.44. The van der Waals surface area contributed by atoms with Crippen LogP contribution in [0, 0.1) is 30.6 Å². The third kappa shape index (κ3) is 12.5. The number of hydrogen-bond acceptors (Lipinski definition) is 28. The number of H-pyrrole nitrogens is 2. The Bertz CT molecular complexity index is 6500. The van der Waals surface area contributed by atoms with Crippen LogP contribution in [0.2, 0.25) is 0 Å². The molecule has 28 rings (SSSR count). The van der Waals surface area contributed by atoms with E-state index in [0.29, 0.717) is 91.7 Å². The van der Waals surface area contributed by atoms with Crippen LogP contribution in [-0.4, -0.2) is 197 Å². The summed E-state index contributed by atoms with van der Waals surface area (Å²) in [4.78, 5) is 94.6. The van der Waals surface area contributed by atoms with Crippen molar-refractivity contribution < 1.29 is 37.2 Å². The van der Waals surface area contributed by atoms with Gasteiger partial charge in [0.15, 0.2) is 91.5 Å². The van der Waals surface area contributed by atoms with Gasteiger partial charge in [-0.2, -0.15) is 8.78 Å². The Labute approximate surface area is 691 Å². The molecule has 14 aliphatic rings. The van der Waals surface area contributed by atoms with Crippen LogP contribution in [0.25, 0.3) is 112 Å². The molecule has 0 amide bonds. The van der Waals surface area contributed by atoms with Crippen LogP contribution >= 0.6 is 0 Å². The number of pyridine rings is 3. The van der Waals surface area contributed by atoms with E-state index in [9.17, 15) is 8.78 Å². The molecule has 6 N–H and O–H groups in total. The van der Waals surface area contributed by atoms with Gasteiger partial charge in [0.2, 0.25) is 5.95 Å². The largest absolute Gasteiger partial charge is 0.431 e. The predicted octanol–water partition coefficient (Wildman–Crippen LogP) is 11.3. The number of aromatic amines is 2. The third-order valence-electron chi connectivity index (χ3n) is 26.8. The van der Waals surface area contributed by atoms with Gasteiger partial charge in [0.25, 0.3) is 0 Å². The topological polar surface area (TPSA) is 388 Å². The molecule has 10 aliphatic heterocycles. The number of hydrogen-bond donors (Lipinski definition) is 4. The van der Waals surface area contributed by atoms with Gasteiger partial charge in [0.1, 0.15) is 62.5 Å². The highest BCUT2D eigenvalue weighted by Gasteiger charge is 2.50. The predicted molar refractivity (Wildman–Crippen MR) is 444 cm³/mol. The molecule has 4 bridgehead atoms. The van der Waals surface area contributed by atoms with Crippen molar-refractivity contribution in [2.45, 2.75) is 179 Å². The minimum atomic E-state index is -3.00. The van der Waals surface area contributed by atoms with E-state index in [1.165, 1.54) is 44.4 Å². The molecular formula is C85H92F2N28O6. The summed E-state index contributed by atoms with van der Waals surface area (Å²) in [6.07, 6.45) is 22.8. The van der Waals surface area contributed by atoms with Crippen LogP contribution in [0.1, 0.15) is 140 Å². The van der Waals surface area contributed by atoms with Crippen LogP contribution in [0.5, 0.6) is 5.75 Å². The second kappa shape index (κ2) is 27.6. The Balaban J connectivity index is 0.0000000940. The van der Waals surface area contributed by atoms with Crippen LogP contribution in [0.4, 0.5) is 38.0 Å². The van der Waals surface area contributed by atoms with Crippen molar-refractivity contribution in [3.05, 3.63) is 102 Å². The lowest BCUT2D eigenvalue weighted by molar-refractivity contribution is -0.131. The summed E-state index contributed by atoms with van der Waals surface area (Å²) >= 11 is 0. The summed E-state index contributed by atoms with van der Waals surface area (Å²) in [5, 5.41) is 2.15. The molecule has 14 aromatic heterocycles. The molecule has 622 valence electrons. The molecule has 1 spiro atoms. The zero-order valence-corrected chi connectivity index (χ0v) is 68.3. The standard InChI is InChI=1S/C24H27N7O2.C22H23N7O.C20H22N8O.C19H20F2N6O2/c1-13-7-25-20-17(13)6-14(8-26-20)19-28-21(30-9-15-11-32-12-16(15)10-30)18-22(29-19)31-4-5-33-24(2,3)23(31)27-18;1-22(2)21-25-16-19(28(21)5-6-30-22)26-18(14-9-13-3-4-23-17(13)24-10-14)27-20(16)29-11-12-7-15(29)8-12;21-19-22-8-12(9-23-19)15-25-16-14(17(26-15)28-10-11-6-13(28)7-11)24-18-20(2-1-3-20)29-5-4-27(16)18;1-19(2)17-25-13-12(9-3-4-9)24-15(26-16(13)27(17)5-6-28-19)10-7-11(29-18(20)21)14(22)23-8-10/h6-8,15-16H,4-5,9-12H2,1-3H3,(H,25,26);3-4,9-10,12,15H,5-8,11H2,1-2H3,(H,23,24);8-9,11,13H,1-7,10H2,(H2,21,22,23);7-9,18H,3-6H2,1-2H3,(H2,22,23). The quantitative estimate of drug-likeness (QED) is 0.0988. The van der Waals surface area contributed by atoms with E-state index >= 15 is 0 Å². The zero-order valence-electron chi connectivity index (χ0n) is 68.3. The number of imidazole rings is 4. The normalized spacial score (nSPS) is 23.3. The molecule has 36 heteroatoms. The third-order valence-corrected chi connectivity index (χ3v) is 26.8. The number of aryl methyl sites for hydroxylation is 1. The Hall–Kier alpha value is -11.7. The summed E-state index contributed by atoms with van der Waals surface area (Å²) < 4.78 is 68.4. The molecule has 6 saturated heterocycles. The maximum atomic E-state index is 12.7. The van der Waals surface area contributed by atoms with Crippen molar-refractivity contribution in [2.75, 3.05) is 92.0 Å². The van der Waals surface area contributed by atoms with Gasteiger partial charge in [-0.15, -0.1) is 0 Å². The summed E-state index contributed by atoms with van der Waals surface area (Å²) in [5.41, 5.74) is 23.4. The number of halogens is 2. The molecule has 14 aromatic rings. The second-order valence-corrected chi connectivity index (χ2v) is 35.9. The van der Waals surface area contributed by atoms with Crippen LogP contribution in [0.3, 0.4) is 0 Å². The van der Waals surface area contributed by atoms with Gasteiger partial charge in [0, 0.05) is 153 Å². The Morgan fingerprint density at radius 3 is 1.53 bits per heavy atom. The first-order valence-corrected chi connectivity index (χ1v) is 42.3. The van der Waals surface area contributed by atoms with Gasteiger partial charge in [-0.1, -0.05) is 0 Å². The number of ether oxygens (including phenoxy) is 6. The number of alkyl halides is 2. The van der Waals surface area contributed by atoms with Crippen molar-refractivity contribution >= 4 is 95.9 Å². The average molecular weight is 1640 g/mol. The monoisotopic (exact) mass is 1640 g/mol. The molecule has 4 saturated carbocycles. The maximum absolute atomic E-state index is 12.7. The molecule has 0 aromatic carbocycles. The van der Waals surface area contributed by atoms with E-state index in [1.54, 1.807) is 12.4 Å². The van der Waals surface area contributed by atoms with Crippen molar-refractivity contribution in [3.63, 3.8) is 0 Å². The molecule has 4 aliphatic carbocycles. The first-order valence-electron chi connectivity index (χ1n) is 42.3. The summed E-state index contributed by atoms with van der Waals surface area (Å²) in [6, 6.07) is 8.81. The highest BCUT2D eigenvalue weighted by atomic mass is 19.3. The van der Waals surface area contributed by atoms with Gasteiger partial charge < -0.3 is 82.8 Å². The van der Waals surface area contributed by atoms with Gasteiger partial charge in [-0.25, -0.2) is 84.7 Å². The number of anilines is 5. The lowest BCUT2D eigenvalue weighted by atomic mass is 9.78. The summed E-state index contributed by atoms with van der Waals surface area (Å²) in [6.45, 7) is 22.4. The second-order valence-electron chi connectivity index (χ2n) is 35.9. The molecule has 2 unspecified atom stereocenters. The van der Waals surface area contributed by atoms with E-state index in [4.69, 9.17) is 95.0 Å². The molecule has 2 atom stereocenters. The van der Waals surface area contributed by atoms with Crippen LogP contribution in [0.15, 0.2) is 67.6 Å². The van der Waals surface area contributed by atoms with Crippen molar-refractivity contribution in [1.82, 2.24) is 113 Å². The number of aromatic nitrogens is 23. The fourth-order valence-corrected chi connectivity index (χ4v) is 19.9. The molecule has 0 radical (unpaired) electrons. The Kier molecular flexibility index (Phi) is 17.0. The van der Waals surface area contributed by atoms with E-state index in [2.05, 4.69) is 119 Å². The number of nitrogens with zero attached hydrogens (tertiary/aromatic N) is 24. The van der Waals surface area contributed by atoms with Crippen LogP contribution < -0.4 is 30.9 Å². The van der Waals surface area contributed by atoms with Gasteiger partial charge >= 0.3 is 6.61 Å². The van der Waals surface area contributed by atoms with Crippen LogP contribution in [-0.2, 0) is 72.3 Å². The van der Waals surface area contributed by atoms with E-state index in [1.807, 2.05) is 44.7 Å². The molecule has 10 fully saturated rings. The molecule has 34 nitrogen and oxygen atoms in total. The molecular weight excluding hydrogens is 1550 g/mol. The van der Waals surface area contributed by atoms with E-state index < -0.39 is 23.4 Å². The van der Waals surface area contributed by atoms with E-state index in [0.717, 1.165) is 232 Å². The average Bonchev–Trinajstić information content (AvgIpc) is 1.57. The van der Waals surface area contributed by atoms with Crippen molar-refractivity contribution in [1.29, 1.82) is 0 Å². The number of nitrogens with one attached hydrogen (secondary N) is 2. The number of fused-ring (bicyclic) bond motifs is 18. The smallest absolute Gasteiger partial charge is 0.387 e. The number of rotatable bonds is 10. The van der Waals surface area contributed by atoms with Gasteiger partial charge in [-0.05, 0) is 148 Å². The first-order chi connectivity index (χ1) is 58.6. The van der Waals surface area contributed by atoms with Crippen molar-refractivity contribution in [2.24, 2.45) is 23.7 Å². The molecule has 24 heterocycles. The number of nitrogens with two attached hydrogens (primary N) is 2. The fourth-order valence-electron chi connectivity index (χ4n) is 19.9. The fraction of sp³-hybridized carbons (Fsp3) is 0.494. The highest BCUT2D eigenvalue weighted by Crippen LogP contribution is 2.52. The minimum Gasteiger partial charge on any atom is -0.431 e. The minimum absolute atomic E-state index is 0.113. The zero-order chi connectivity index (χ0) is 81.9. The Morgan fingerprint density at radius 2 is 0.983 bits per heavy atom. The maximum Gasteiger partial charge on any atom is 0.387 e. The summed E-state index contributed by atoms with van der Waals surface area (Å²) in [7, 11) is 0. The van der Waals surface area contributed by atoms with Gasteiger partial charge in [-0.3, -0.25) is 0 Å².